The predicted molar refractivity (Wildman–Crippen MR) is 253 cm³/mol. The summed E-state index contributed by atoms with van der Waals surface area (Å²) in [6.45, 7) is 4.59. The van der Waals surface area contributed by atoms with Crippen LogP contribution in [-0.4, -0.2) is 87.4 Å². The standard InChI is InChI=1S/C52H85NO8/c1-6-8-10-12-14-16-18-20-22-23-24-25-26-27-29-30-32-34-36-38-40-42-49(54)59-46-48(47-60-52(51(56)57)58-45-44-53(3,4)5)61-50(55)43-41-39-37-35-33-31-28-21-19-17-15-13-11-9-7-2/h9,11,15,17-18,20-21,23-24,26-28,33,35,39,41,48,52H,6-8,10,12-14,16,19,22,25,29-32,34,36-38,40,42-47H2,1-5H3/p+1/b11-9-,17-15-,20-18-,24-23-,27-26-,28-21-,35-33-,41-39-. The van der Waals surface area contributed by atoms with Crippen molar-refractivity contribution in [2.75, 3.05) is 47.5 Å². The van der Waals surface area contributed by atoms with Crippen molar-refractivity contribution in [1.29, 1.82) is 0 Å². The summed E-state index contributed by atoms with van der Waals surface area (Å²) in [7, 11) is 5.91. The van der Waals surface area contributed by atoms with Gasteiger partial charge >= 0.3 is 17.9 Å². The number of nitrogens with zero attached hydrogens (tertiary/aromatic N) is 1. The maximum Gasteiger partial charge on any atom is 0.361 e. The summed E-state index contributed by atoms with van der Waals surface area (Å²) < 4.78 is 22.6. The van der Waals surface area contributed by atoms with Gasteiger partial charge in [0.1, 0.15) is 13.2 Å². The molecule has 0 aromatic heterocycles. The minimum atomic E-state index is -1.54. The Balaban J connectivity index is 4.54. The number of likely N-dealkylation sites (N-methyl/N-ethyl adjacent to an activating group) is 1. The zero-order chi connectivity index (χ0) is 44.9. The van der Waals surface area contributed by atoms with Gasteiger partial charge in [-0.05, 0) is 77.0 Å². The smallest absolute Gasteiger partial charge is 0.361 e. The molecule has 0 spiro atoms. The highest BCUT2D eigenvalue weighted by Crippen LogP contribution is 2.11. The van der Waals surface area contributed by atoms with Crippen LogP contribution < -0.4 is 0 Å². The molecule has 0 aliphatic rings. The molecule has 9 nitrogen and oxygen atoms in total. The van der Waals surface area contributed by atoms with Crippen LogP contribution >= 0.6 is 0 Å². The van der Waals surface area contributed by atoms with Gasteiger partial charge < -0.3 is 28.5 Å². The molecule has 2 atom stereocenters. The number of carbonyl (C=O) groups is 3. The van der Waals surface area contributed by atoms with Crippen molar-refractivity contribution in [3.8, 4) is 0 Å². The Labute approximate surface area is 372 Å². The molecule has 0 aromatic rings. The van der Waals surface area contributed by atoms with Gasteiger partial charge in [-0.1, -0.05) is 162 Å². The lowest BCUT2D eigenvalue weighted by Gasteiger charge is -2.25. The fourth-order valence-corrected chi connectivity index (χ4v) is 5.74. The first-order valence-corrected chi connectivity index (χ1v) is 23.4. The molecular formula is C52H86NO8+. The van der Waals surface area contributed by atoms with Gasteiger partial charge in [-0.2, -0.15) is 0 Å². The number of allylic oxidation sites excluding steroid dienone is 15. The lowest BCUT2D eigenvalue weighted by molar-refractivity contribution is -0.870. The van der Waals surface area contributed by atoms with E-state index in [0.29, 0.717) is 23.9 Å². The van der Waals surface area contributed by atoms with Crippen LogP contribution in [-0.2, 0) is 33.3 Å². The van der Waals surface area contributed by atoms with Gasteiger partial charge in [0, 0.05) is 6.42 Å². The Kier molecular flexibility index (Phi) is 40.2. The number of carbonyl (C=O) groups excluding carboxylic acids is 2. The fourth-order valence-electron chi connectivity index (χ4n) is 5.74. The molecule has 0 fully saturated rings. The second-order valence-electron chi connectivity index (χ2n) is 16.3. The molecule has 346 valence electrons. The van der Waals surface area contributed by atoms with Crippen molar-refractivity contribution >= 4 is 17.9 Å². The lowest BCUT2D eigenvalue weighted by atomic mass is 10.1. The minimum Gasteiger partial charge on any atom is -0.477 e. The molecule has 0 saturated heterocycles. The maximum atomic E-state index is 12.7. The SMILES string of the molecule is CC/C=C\C/C=C\C/C=C\C/C=C\C/C=C\CC(=O)OC(COC(=O)CCCCCCCC/C=C\C/C=C\C/C=C\CCCCCCC)COC(OCC[N+](C)(C)C)C(=O)O. The van der Waals surface area contributed by atoms with Crippen molar-refractivity contribution in [3.63, 3.8) is 0 Å². The molecule has 9 heteroatoms. The fraction of sp³-hybridized carbons (Fsp3) is 0.635. The summed E-state index contributed by atoms with van der Waals surface area (Å²) in [5.74, 6) is -2.21. The predicted octanol–water partition coefficient (Wildman–Crippen LogP) is 12.7. The van der Waals surface area contributed by atoms with Crippen molar-refractivity contribution < 1.29 is 42.9 Å². The molecule has 61 heavy (non-hydrogen) atoms. The van der Waals surface area contributed by atoms with E-state index >= 15 is 0 Å². The third kappa shape index (κ3) is 44.1. The average molecular weight is 853 g/mol. The van der Waals surface area contributed by atoms with Crippen LogP contribution in [0.5, 0.6) is 0 Å². The summed E-state index contributed by atoms with van der Waals surface area (Å²) in [5.41, 5.74) is 0. The van der Waals surface area contributed by atoms with Crippen LogP contribution in [0.1, 0.15) is 155 Å². The molecule has 0 aliphatic carbocycles. The highest BCUT2D eigenvalue weighted by Gasteiger charge is 2.24. The quantitative estimate of drug-likeness (QED) is 0.0213. The van der Waals surface area contributed by atoms with E-state index in [2.05, 4.69) is 92.8 Å². The van der Waals surface area contributed by atoms with Crippen molar-refractivity contribution in [2.24, 2.45) is 0 Å². The van der Waals surface area contributed by atoms with Gasteiger partial charge in [0.05, 0.1) is 40.8 Å². The monoisotopic (exact) mass is 853 g/mol. The van der Waals surface area contributed by atoms with E-state index in [1.165, 1.54) is 38.5 Å². The first-order chi connectivity index (χ1) is 29.6. The van der Waals surface area contributed by atoms with E-state index < -0.39 is 24.3 Å². The number of hydrogen-bond donors (Lipinski definition) is 1. The summed E-state index contributed by atoms with van der Waals surface area (Å²) in [6, 6.07) is 0. The molecule has 2 unspecified atom stereocenters. The zero-order valence-electron chi connectivity index (χ0n) is 39.0. The average Bonchev–Trinajstić information content (AvgIpc) is 3.22. The van der Waals surface area contributed by atoms with E-state index in [0.717, 1.165) is 77.0 Å². The molecule has 0 heterocycles. The van der Waals surface area contributed by atoms with Crippen molar-refractivity contribution in [1.82, 2.24) is 0 Å². The normalized spacial score (nSPS) is 13.8. The molecular weight excluding hydrogens is 767 g/mol. The summed E-state index contributed by atoms with van der Waals surface area (Å²) in [5, 5.41) is 9.63. The molecule has 0 radical (unpaired) electrons. The Hall–Kier alpha value is -3.79. The molecule has 0 amide bonds. The first kappa shape index (κ1) is 57.2. The van der Waals surface area contributed by atoms with Crippen LogP contribution in [0.15, 0.2) is 97.2 Å². The number of ether oxygens (including phenoxy) is 4. The van der Waals surface area contributed by atoms with Gasteiger partial charge in [-0.25, -0.2) is 4.79 Å². The molecule has 0 bridgehead atoms. The van der Waals surface area contributed by atoms with Gasteiger partial charge in [-0.3, -0.25) is 9.59 Å². The Morgan fingerprint density at radius 2 is 0.984 bits per heavy atom. The Bertz CT molecular complexity index is 1320. The third-order valence-corrected chi connectivity index (χ3v) is 9.36. The highest BCUT2D eigenvalue weighted by atomic mass is 16.7. The number of unbranched alkanes of at least 4 members (excludes halogenated alkanes) is 11. The second-order valence-corrected chi connectivity index (χ2v) is 16.3. The Morgan fingerprint density at radius 3 is 1.48 bits per heavy atom. The number of carboxylic acids is 1. The molecule has 1 N–H and O–H groups in total. The van der Waals surface area contributed by atoms with Gasteiger partial charge in [0.2, 0.25) is 0 Å². The van der Waals surface area contributed by atoms with E-state index in [4.69, 9.17) is 18.9 Å². The third-order valence-electron chi connectivity index (χ3n) is 9.36. The maximum absolute atomic E-state index is 12.7. The van der Waals surface area contributed by atoms with E-state index in [1.54, 1.807) is 6.08 Å². The topological polar surface area (TPSA) is 108 Å². The number of quaternary nitrogens is 1. The Morgan fingerprint density at radius 1 is 0.525 bits per heavy atom. The van der Waals surface area contributed by atoms with Crippen LogP contribution in [0.2, 0.25) is 0 Å². The zero-order valence-corrected chi connectivity index (χ0v) is 39.0. The van der Waals surface area contributed by atoms with Crippen LogP contribution in [0.4, 0.5) is 0 Å². The van der Waals surface area contributed by atoms with Gasteiger partial charge in [0.15, 0.2) is 6.10 Å². The van der Waals surface area contributed by atoms with Crippen molar-refractivity contribution in [2.45, 2.75) is 167 Å². The van der Waals surface area contributed by atoms with Crippen molar-refractivity contribution in [3.05, 3.63) is 97.2 Å². The lowest BCUT2D eigenvalue weighted by Crippen LogP contribution is -2.40. The second kappa shape index (κ2) is 42.9. The van der Waals surface area contributed by atoms with E-state index in [9.17, 15) is 19.5 Å². The number of aliphatic carboxylic acids is 1. The number of carboxylic acid groups (broad SMARTS) is 1. The summed E-state index contributed by atoms with van der Waals surface area (Å²) >= 11 is 0. The molecule has 0 aliphatic heterocycles. The van der Waals surface area contributed by atoms with E-state index in [1.807, 2.05) is 33.3 Å². The summed E-state index contributed by atoms with van der Waals surface area (Å²) in [6.07, 6.45) is 53.6. The number of hydrogen-bond acceptors (Lipinski definition) is 7. The van der Waals surface area contributed by atoms with Gasteiger partial charge in [0.25, 0.3) is 6.29 Å². The first-order valence-electron chi connectivity index (χ1n) is 23.4. The van der Waals surface area contributed by atoms with E-state index in [-0.39, 0.29) is 38.6 Å². The van der Waals surface area contributed by atoms with Gasteiger partial charge in [-0.15, -0.1) is 0 Å². The van der Waals surface area contributed by atoms with Crippen LogP contribution in [0.25, 0.3) is 0 Å². The minimum absolute atomic E-state index is 0.0193. The molecule has 0 aromatic carbocycles. The number of rotatable bonds is 41. The summed E-state index contributed by atoms with van der Waals surface area (Å²) in [4.78, 5) is 37.1. The highest BCUT2D eigenvalue weighted by molar-refractivity contribution is 5.72. The molecule has 0 saturated carbocycles. The van der Waals surface area contributed by atoms with Crippen LogP contribution in [0.3, 0.4) is 0 Å². The van der Waals surface area contributed by atoms with Crippen LogP contribution in [0, 0.1) is 0 Å². The number of esters is 2. The molecule has 0 rings (SSSR count). The largest absolute Gasteiger partial charge is 0.477 e.